The molecule has 0 atom stereocenters. The van der Waals surface area contributed by atoms with Crippen molar-refractivity contribution < 1.29 is 4.42 Å². The van der Waals surface area contributed by atoms with E-state index in [1.165, 1.54) is 0 Å². The highest BCUT2D eigenvalue weighted by Gasteiger charge is 2.11. The van der Waals surface area contributed by atoms with Crippen LogP contribution in [0.1, 0.15) is 5.56 Å². The van der Waals surface area contributed by atoms with Gasteiger partial charge >= 0.3 is 0 Å². The zero-order valence-electron chi connectivity index (χ0n) is 8.73. The fraction of sp³-hybridized carbons (Fsp3) is 0.0833. The summed E-state index contributed by atoms with van der Waals surface area (Å²) >= 11 is 1.60. The van der Waals surface area contributed by atoms with Crippen molar-refractivity contribution in [3.8, 4) is 10.8 Å². The summed E-state index contributed by atoms with van der Waals surface area (Å²) in [6.07, 6.45) is 0. The van der Waals surface area contributed by atoms with Crippen LogP contribution in [-0.2, 0) is 0 Å². The number of aryl methyl sites for hydroxylation is 1. The lowest BCUT2D eigenvalue weighted by Crippen LogP contribution is -1.86. The van der Waals surface area contributed by atoms with Crippen LogP contribution in [-0.4, -0.2) is 4.98 Å². The fourth-order valence-corrected chi connectivity index (χ4v) is 2.36. The lowest BCUT2D eigenvalue weighted by atomic mass is 10.2. The van der Waals surface area contributed by atoms with Gasteiger partial charge in [0.25, 0.3) is 0 Å². The number of benzene rings is 1. The number of nitrogens with zero attached hydrogens (tertiary/aromatic N) is 1. The highest BCUT2D eigenvalue weighted by atomic mass is 32.1. The van der Waals surface area contributed by atoms with Crippen molar-refractivity contribution in [2.75, 3.05) is 5.73 Å². The average Bonchev–Trinajstić information content (AvgIpc) is 2.82. The van der Waals surface area contributed by atoms with Crippen molar-refractivity contribution >= 4 is 28.1 Å². The molecular weight excluding hydrogens is 220 g/mol. The number of oxazole rings is 1. The number of rotatable bonds is 1. The minimum absolute atomic E-state index is 0.641. The Morgan fingerprint density at radius 2 is 2.25 bits per heavy atom. The summed E-state index contributed by atoms with van der Waals surface area (Å²) in [4.78, 5) is 5.46. The van der Waals surface area contributed by atoms with Crippen LogP contribution in [0, 0.1) is 6.92 Å². The molecule has 0 aliphatic carbocycles. The third-order valence-electron chi connectivity index (χ3n) is 2.40. The number of hydrogen-bond acceptors (Lipinski definition) is 4. The summed E-state index contributed by atoms with van der Waals surface area (Å²) in [5.74, 6) is 0.641. The molecule has 0 aliphatic heterocycles. The van der Waals surface area contributed by atoms with Gasteiger partial charge < -0.3 is 10.2 Å². The number of anilines is 1. The Hall–Kier alpha value is -1.81. The van der Waals surface area contributed by atoms with Gasteiger partial charge in [-0.05, 0) is 36.1 Å². The standard InChI is InChI=1S/C12H10N2OS/c1-7-5-8(13)11-9(6-7)14-12(15-11)10-3-2-4-16-10/h2-6H,13H2,1H3. The third kappa shape index (κ3) is 1.39. The quantitative estimate of drug-likeness (QED) is 0.651. The summed E-state index contributed by atoms with van der Waals surface area (Å²) in [7, 11) is 0. The lowest BCUT2D eigenvalue weighted by Gasteiger charge is -1.95. The van der Waals surface area contributed by atoms with Gasteiger partial charge in [-0.1, -0.05) is 6.07 Å². The van der Waals surface area contributed by atoms with Crippen LogP contribution in [0.3, 0.4) is 0 Å². The average molecular weight is 230 g/mol. The first-order chi connectivity index (χ1) is 7.74. The first kappa shape index (κ1) is 9.42. The van der Waals surface area contributed by atoms with Crippen molar-refractivity contribution in [2.24, 2.45) is 0 Å². The van der Waals surface area contributed by atoms with Gasteiger partial charge in [0.15, 0.2) is 5.58 Å². The molecule has 3 nitrogen and oxygen atoms in total. The second kappa shape index (κ2) is 3.35. The maximum absolute atomic E-state index is 5.89. The molecule has 16 heavy (non-hydrogen) atoms. The number of nitrogen functional groups attached to an aromatic ring is 1. The number of nitrogens with two attached hydrogens (primary N) is 1. The van der Waals surface area contributed by atoms with E-state index in [1.807, 2.05) is 36.6 Å². The van der Waals surface area contributed by atoms with Gasteiger partial charge in [0.05, 0.1) is 10.6 Å². The van der Waals surface area contributed by atoms with Gasteiger partial charge in [0, 0.05) is 0 Å². The highest BCUT2D eigenvalue weighted by molar-refractivity contribution is 7.13. The second-order valence-electron chi connectivity index (χ2n) is 3.70. The predicted octanol–water partition coefficient (Wildman–Crippen LogP) is 3.45. The normalized spacial score (nSPS) is 11.1. The van der Waals surface area contributed by atoms with Crippen LogP contribution in [0.25, 0.3) is 21.9 Å². The molecule has 4 heteroatoms. The van der Waals surface area contributed by atoms with E-state index >= 15 is 0 Å². The summed E-state index contributed by atoms with van der Waals surface area (Å²) in [6, 6.07) is 7.83. The fourth-order valence-electron chi connectivity index (χ4n) is 1.71. The molecule has 0 saturated heterocycles. The summed E-state index contributed by atoms with van der Waals surface area (Å²) in [5, 5.41) is 2.00. The zero-order chi connectivity index (χ0) is 11.1. The van der Waals surface area contributed by atoms with E-state index in [0.29, 0.717) is 17.2 Å². The molecule has 0 saturated carbocycles. The zero-order valence-corrected chi connectivity index (χ0v) is 9.54. The Bertz CT molecular complexity index is 640. The van der Waals surface area contributed by atoms with Gasteiger partial charge in [-0.25, -0.2) is 4.98 Å². The van der Waals surface area contributed by atoms with Crippen LogP contribution in [0.15, 0.2) is 34.1 Å². The van der Waals surface area contributed by atoms with Crippen LogP contribution < -0.4 is 5.73 Å². The number of fused-ring (bicyclic) bond motifs is 1. The Labute approximate surface area is 96.5 Å². The number of hydrogen-bond donors (Lipinski definition) is 1. The van der Waals surface area contributed by atoms with Gasteiger partial charge in [0.2, 0.25) is 5.89 Å². The molecule has 3 rings (SSSR count). The smallest absolute Gasteiger partial charge is 0.237 e. The van der Waals surface area contributed by atoms with Crippen molar-refractivity contribution in [2.45, 2.75) is 6.92 Å². The van der Waals surface area contributed by atoms with Crippen LogP contribution in [0.2, 0.25) is 0 Å². The molecule has 2 N–H and O–H groups in total. The Kier molecular flexibility index (Phi) is 1.97. The summed E-state index contributed by atoms with van der Waals surface area (Å²) in [5.41, 5.74) is 9.13. The minimum atomic E-state index is 0.641. The van der Waals surface area contributed by atoms with E-state index in [1.54, 1.807) is 11.3 Å². The maximum Gasteiger partial charge on any atom is 0.237 e. The molecule has 2 aromatic heterocycles. The number of aromatic nitrogens is 1. The van der Waals surface area contributed by atoms with Gasteiger partial charge in [-0.15, -0.1) is 11.3 Å². The molecule has 0 fully saturated rings. The molecule has 2 heterocycles. The Morgan fingerprint density at radius 3 is 3.00 bits per heavy atom. The van der Waals surface area contributed by atoms with Crippen molar-refractivity contribution in [3.05, 3.63) is 35.2 Å². The maximum atomic E-state index is 5.89. The summed E-state index contributed by atoms with van der Waals surface area (Å²) in [6.45, 7) is 2.00. The largest absolute Gasteiger partial charge is 0.433 e. The molecule has 0 aliphatic rings. The first-order valence-corrected chi connectivity index (χ1v) is 5.82. The molecule has 3 aromatic rings. The van der Waals surface area contributed by atoms with Gasteiger partial charge in [-0.2, -0.15) is 0 Å². The van der Waals surface area contributed by atoms with Gasteiger partial charge in [-0.3, -0.25) is 0 Å². The number of thiophene rings is 1. The first-order valence-electron chi connectivity index (χ1n) is 4.94. The topological polar surface area (TPSA) is 52.0 Å². The highest BCUT2D eigenvalue weighted by Crippen LogP contribution is 2.30. The second-order valence-corrected chi connectivity index (χ2v) is 4.65. The van der Waals surface area contributed by atoms with E-state index in [-0.39, 0.29) is 0 Å². The van der Waals surface area contributed by atoms with Crippen molar-refractivity contribution in [3.63, 3.8) is 0 Å². The van der Waals surface area contributed by atoms with E-state index in [2.05, 4.69) is 4.98 Å². The molecule has 0 radical (unpaired) electrons. The minimum Gasteiger partial charge on any atom is -0.433 e. The molecule has 0 bridgehead atoms. The van der Waals surface area contributed by atoms with E-state index in [4.69, 9.17) is 10.2 Å². The predicted molar refractivity (Wildman–Crippen MR) is 66.5 cm³/mol. The molecule has 80 valence electrons. The van der Waals surface area contributed by atoms with Crippen LogP contribution >= 0.6 is 11.3 Å². The summed E-state index contributed by atoms with van der Waals surface area (Å²) < 4.78 is 5.67. The van der Waals surface area contributed by atoms with Crippen LogP contribution in [0.5, 0.6) is 0 Å². The van der Waals surface area contributed by atoms with E-state index in [0.717, 1.165) is 16.0 Å². The van der Waals surface area contributed by atoms with E-state index < -0.39 is 0 Å². The van der Waals surface area contributed by atoms with Gasteiger partial charge in [0.1, 0.15) is 5.52 Å². The Balaban J connectivity index is 2.27. The molecular formula is C12H10N2OS. The van der Waals surface area contributed by atoms with E-state index in [9.17, 15) is 0 Å². The lowest BCUT2D eigenvalue weighted by molar-refractivity contribution is 0.623. The third-order valence-corrected chi connectivity index (χ3v) is 3.25. The van der Waals surface area contributed by atoms with Crippen molar-refractivity contribution in [1.82, 2.24) is 4.98 Å². The SMILES string of the molecule is Cc1cc(N)c2oc(-c3cccs3)nc2c1. The van der Waals surface area contributed by atoms with Crippen molar-refractivity contribution in [1.29, 1.82) is 0 Å². The molecule has 0 unspecified atom stereocenters. The monoisotopic (exact) mass is 230 g/mol. The Morgan fingerprint density at radius 1 is 1.38 bits per heavy atom. The van der Waals surface area contributed by atoms with Crippen LogP contribution in [0.4, 0.5) is 5.69 Å². The molecule has 0 spiro atoms. The molecule has 0 amide bonds. The molecule has 1 aromatic carbocycles.